The minimum Gasteiger partial charge on any atom is -0.497 e. The molecule has 0 radical (unpaired) electrons. The molecule has 0 fully saturated rings. The minimum absolute atomic E-state index is 0.109. The number of ether oxygens (including phenoxy) is 1. The molecule has 1 aliphatic carbocycles. The van der Waals surface area contributed by atoms with Crippen LogP contribution >= 0.6 is 0 Å². The molecule has 1 aromatic heterocycles. The van der Waals surface area contributed by atoms with Crippen LogP contribution in [0.4, 0.5) is 0 Å². The fourth-order valence-corrected chi connectivity index (χ4v) is 2.46. The zero-order chi connectivity index (χ0) is 12.7. The second kappa shape index (κ2) is 3.98. The number of benzene rings is 1. The maximum Gasteiger partial charge on any atom is 0.347 e. The highest BCUT2D eigenvalue weighted by Crippen LogP contribution is 2.28. The minimum atomic E-state index is -0.532. The molecule has 0 aliphatic heterocycles. The van der Waals surface area contributed by atoms with Gasteiger partial charge in [0.15, 0.2) is 5.78 Å². The molecule has 0 spiro atoms. The Bertz CT molecular complexity index is 697. The summed E-state index contributed by atoms with van der Waals surface area (Å²) >= 11 is 0. The molecule has 0 saturated carbocycles. The molecule has 2 aromatic rings. The van der Waals surface area contributed by atoms with Crippen molar-refractivity contribution in [2.24, 2.45) is 0 Å². The molecule has 18 heavy (non-hydrogen) atoms. The first-order valence-electron chi connectivity index (χ1n) is 5.87. The van der Waals surface area contributed by atoms with E-state index in [1.165, 1.54) is 0 Å². The Kier molecular flexibility index (Phi) is 2.44. The van der Waals surface area contributed by atoms with E-state index in [4.69, 9.17) is 9.15 Å². The van der Waals surface area contributed by atoms with Crippen LogP contribution in [-0.4, -0.2) is 12.9 Å². The van der Waals surface area contributed by atoms with Gasteiger partial charge in [0.1, 0.15) is 16.9 Å². The second-order valence-corrected chi connectivity index (χ2v) is 4.38. The van der Waals surface area contributed by atoms with Gasteiger partial charge in [0.25, 0.3) is 0 Å². The SMILES string of the molecule is COc1ccc2c3c(c(=O)oc2c1)C(=O)CCC3. The van der Waals surface area contributed by atoms with E-state index >= 15 is 0 Å². The van der Waals surface area contributed by atoms with Crippen LogP contribution in [0.3, 0.4) is 0 Å². The lowest BCUT2D eigenvalue weighted by atomic mass is 9.90. The molecular weight excluding hydrogens is 232 g/mol. The van der Waals surface area contributed by atoms with Crippen molar-refractivity contribution in [3.05, 3.63) is 39.7 Å². The smallest absolute Gasteiger partial charge is 0.347 e. The van der Waals surface area contributed by atoms with E-state index < -0.39 is 5.63 Å². The first-order valence-corrected chi connectivity index (χ1v) is 5.87. The van der Waals surface area contributed by atoms with Crippen LogP contribution in [0.15, 0.2) is 27.4 Å². The molecule has 0 unspecified atom stereocenters. The summed E-state index contributed by atoms with van der Waals surface area (Å²) in [4.78, 5) is 23.6. The lowest BCUT2D eigenvalue weighted by Gasteiger charge is -2.15. The van der Waals surface area contributed by atoms with E-state index in [1.54, 1.807) is 13.2 Å². The molecule has 4 heteroatoms. The van der Waals surface area contributed by atoms with Crippen molar-refractivity contribution in [2.75, 3.05) is 7.11 Å². The first kappa shape index (κ1) is 11.0. The van der Waals surface area contributed by atoms with E-state index in [9.17, 15) is 9.59 Å². The van der Waals surface area contributed by atoms with Crippen molar-refractivity contribution in [1.29, 1.82) is 0 Å². The van der Waals surface area contributed by atoms with Gasteiger partial charge in [0, 0.05) is 17.9 Å². The van der Waals surface area contributed by atoms with Gasteiger partial charge in [0.2, 0.25) is 0 Å². The van der Waals surface area contributed by atoms with Crippen molar-refractivity contribution >= 4 is 16.8 Å². The third-order valence-electron chi connectivity index (χ3n) is 3.33. The summed E-state index contributed by atoms with van der Waals surface area (Å²) in [6.07, 6.45) is 1.96. The number of fused-ring (bicyclic) bond motifs is 3. The molecule has 0 N–H and O–H groups in total. The van der Waals surface area contributed by atoms with Gasteiger partial charge < -0.3 is 9.15 Å². The van der Waals surface area contributed by atoms with Crippen LogP contribution in [-0.2, 0) is 6.42 Å². The summed E-state index contributed by atoms with van der Waals surface area (Å²) in [6.45, 7) is 0. The molecule has 4 nitrogen and oxygen atoms in total. The summed E-state index contributed by atoms with van der Waals surface area (Å²) in [5.74, 6) is 0.524. The Morgan fingerprint density at radius 3 is 2.83 bits per heavy atom. The highest BCUT2D eigenvalue weighted by Gasteiger charge is 2.24. The standard InChI is InChI=1S/C14H12O4/c1-17-8-5-6-9-10-3-2-4-11(15)13(10)14(16)18-12(9)7-8/h5-7H,2-4H2,1H3. The monoisotopic (exact) mass is 244 g/mol. The van der Waals surface area contributed by atoms with E-state index in [0.717, 1.165) is 23.8 Å². The molecule has 3 rings (SSSR count). The quantitative estimate of drug-likeness (QED) is 0.722. The van der Waals surface area contributed by atoms with E-state index in [-0.39, 0.29) is 11.3 Å². The number of carbonyl (C=O) groups is 1. The molecule has 0 bridgehead atoms. The number of aryl methyl sites for hydroxylation is 1. The summed E-state index contributed by atoms with van der Waals surface area (Å²) in [7, 11) is 1.56. The van der Waals surface area contributed by atoms with Crippen molar-refractivity contribution in [1.82, 2.24) is 0 Å². The molecule has 0 saturated heterocycles. The van der Waals surface area contributed by atoms with Crippen LogP contribution in [0.1, 0.15) is 28.8 Å². The number of ketones is 1. The Hall–Kier alpha value is -2.10. The van der Waals surface area contributed by atoms with E-state index in [2.05, 4.69) is 0 Å². The number of hydrogen-bond acceptors (Lipinski definition) is 4. The lowest BCUT2D eigenvalue weighted by molar-refractivity contribution is 0.0969. The van der Waals surface area contributed by atoms with E-state index in [0.29, 0.717) is 17.8 Å². The van der Waals surface area contributed by atoms with Gasteiger partial charge in [-0.3, -0.25) is 4.79 Å². The van der Waals surface area contributed by atoms with Crippen LogP contribution in [0.25, 0.3) is 11.0 Å². The fraction of sp³-hybridized carbons (Fsp3) is 0.286. The Morgan fingerprint density at radius 1 is 1.22 bits per heavy atom. The van der Waals surface area contributed by atoms with Crippen LogP contribution in [0.2, 0.25) is 0 Å². The number of methoxy groups -OCH3 is 1. The Balaban J connectivity index is 2.38. The van der Waals surface area contributed by atoms with Crippen molar-refractivity contribution in [3.8, 4) is 5.75 Å². The maximum absolute atomic E-state index is 11.9. The second-order valence-electron chi connectivity index (χ2n) is 4.38. The summed E-state index contributed by atoms with van der Waals surface area (Å²) < 4.78 is 10.3. The first-order chi connectivity index (χ1) is 8.70. The molecule has 1 aliphatic rings. The van der Waals surface area contributed by atoms with Crippen LogP contribution < -0.4 is 10.4 Å². The fourth-order valence-electron chi connectivity index (χ4n) is 2.46. The molecular formula is C14H12O4. The molecule has 1 aromatic carbocycles. The summed E-state index contributed by atoms with van der Waals surface area (Å²) in [5, 5.41) is 0.832. The molecule has 92 valence electrons. The van der Waals surface area contributed by atoms with Gasteiger partial charge in [-0.05, 0) is 30.5 Å². The summed E-state index contributed by atoms with van der Waals surface area (Å²) in [6, 6.07) is 5.33. The van der Waals surface area contributed by atoms with E-state index in [1.807, 2.05) is 12.1 Å². The number of Topliss-reactive ketones (excluding diaryl/α,β-unsaturated/α-hetero) is 1. The third-order valence-corrected chi connectivity index (χ3v) is 3.33. The van der Waals surface area contributed by atoms with Crippen molar-refractivity contribution in [2.45, 2.75) is 19.3 Å². The Morgan fingerprint density at radius 2 is 2.06 bits per heavy atom. The highest BCUT2D eigenvalue weighted by atomic mass is 16.5. The largest absolute Gasteiger partial charge is 0.497 e. The Labute approximate surface area is 103 Å². The average Bonchev–Trinajstić information content (AvgIpc) is 2.38. The van der Waals surface area contributed by atoms with Gasteiger partial charge in [0.05, 0.1) is 7.11 Å². The molecule has 1 heterocycles. The lowest BCUT2D eigenvalue weighted by Crippen LogP contribution is -2.21. The topological polar surface area (TPSA) is 56.5 Å². The normalized spacial score (nSPS) is 14.6. The van der Waals surface area contributed by atoms with Gasteiger partial charge >= 0.3 is 5.63 Å². The van der Waals surface area contributed by atoms with Gasteiger partial charge in [-0.25, -0.2) is 4.79 Å². The number of carbonyl (C=O) groups excluding carboxylic acids is 1. The predicted octanol–water partition coefficient (Wildman–Crippen LogP) is 2.32. The number of hydrogen-bond donors (Lipinski definition) is 0. The highest BCUT2D eigenvalue weighted by molar-refractivity contribution is 6.02. The van der Waals surface area contributed by atoms with Gasteiger partial charge in [-0.1, -0.05) is 0 Å². The van der Waals surface area contributed by atoms with Crippen molar-refractivity contribution in [3.63, 3.8) is 0 Å². The zero-order valence-electron chi connectivity index (χ0n) is 9.99. The summed E-state index contributed by atoms with van der Waals surface area (Å²) in [5.41, 5.74) is 1.00. The third kappa shape index (κ3) is 1.53. The van der Waals surface area contributed by atoms with Crippen LogP contribution in [0, 0.1) is 0 Å². The predicted molar refractivity (Wildman–Crippen MR) is 66.3 cm³/mol. The molecule has 0 amide bonds. The molecule has 0 atom stereocenters. The zero-order valence-corrected chi connectivity index (χ0v) is 9.99. The maximum atomic E-state index is 11.9. The van der Waals surface area contributed by atoms with Crippen LogP contribution in [0.5, 0.6) is 5.75 Å². The van der Waals surface area contributed by atoms with Gasteiger partial charge in [-0.15, -0.1) is 0 Å². The van der Waals surface area contributed by atoms with Crippen molar-refractivity contribution < 1.29 is 13.9 Å². The number of rotatable bonds is 1. The average molecular weight is 244 g/mol. The van der Waals surface area contributed by atoms with Gasteiger partial charge in [-0.2, -0.15) is 0 Å².